The van der Waals surface area contributed by atoms with E-state index in [4.69, 9.17) is 4.74 Å². The number of nitrogens with zero attached hydrogens (tertiary/aromatic N) is 3. The zero-order valence-electron chi connectivity index (χ0n) is 26.5. The van der Waals surface area contributed by atoms with Crippen LogP contribution in [0.15, 0.2) is 132 Å². The molecule has 0 bridgehead atoms. The number of hydrogen-bond acceptors (Lipinski definition) is 3. The average molecular weight is 598 g/mol. The molecule has 2 aromatic carbocycles. The van der Waals surface area contributed by atoms with Crippen LogP contribution in [0.5, 0.6) is 5.75 Å². The molecule has 0 aliphatic carbocycles. The minimum absolute atomic E-state index is 0.0419. The van der Waals surface area contributed by atoms with E-state index in [1.165, 1.54) is 0 Å². The molecule has 228 valence electrons. The fraction of sp³-hybridized carbons (Fsp3) is 0.231. The maximum atomic E-state index is 14.1. The van der Waals surface area contributed by atoms with Crippen molar-refractivity contribution in [2.24, 2.45) is 5.41 Å². The van der Waals surface area contributed by atoms with E-state index in [0.717, 1.165) is 22.3 Å². The summed E-state index contributed by atoms with van der Waals surface area (Å²) in [5.41, 5.74) is 3.73. The Hall–Kier alpha value is -5.10. The van der Waals surface area contributed by atoms with Crippen LogP contribution in [0.3, 0.4) is 0 Å². The van der Waals surface area contributed by atoms with Crippen molar-refractivity contribution >= 4 is 22.3 Å². The van der Waals surface area contributed by atoms with Gasteiger partial charge in [0, 0.05) is 23.3 Å². The van der Waals surface area contributed by atoms with Gasteiger partial charge in [-0.05, 0) is 74.4 Å². The van der Waals surface area contributed by atoms with Gasteiger partial charge in [-0.1, -0.05) is 87.5 Å². The highest BCUT2D eigenvalue weighted by Gasteiger charge is 2.38. The number of hydrogen-bond donors (Lipinski definition) is 0. The van der Waals surface area contributed by atoms with Crippen LogP contribution in [0.25, 0.3) is 22.2 Å². The average Bonchev–Trinajstić information content (AvgIpc) is 3.66. The number of carbonyl (C=O) groups is 1. The summed E-state index contributed by atoms with van der Waals surface area (Å²) in [6.45, 7) is 10.3. The van der Waals surface area contributed by atoms with Crippen LogP contribution in [0.1, 0.15) is 50.7 Å². The Balaban J connectivity index is 1.54. The molecule has 6 heteroatoms. The number of aromatic nitrogens is 3. The summed E-state index contributed by atoms with van der Waals surface area (Å²) in [6.07, 6.45) is 3.78. The van der Waals surface area contributed by atoms with Gasteiger partial charge in [-0.25, -0.2) is 0 Å². The van der Waals surface area contributed by atoms with Gasteiger partial charge in [-0.2, -0.15) is 0 Å². The quantitative estimate of drug-likeness (QED) is 0.210. The standard InChI is InChI=1S/C39H39N3O3/c1-38(2,3)36-35(43)32-20-15-26-41(32)31-24-23-28(17-11-10-14-22-34(31)45-36)27-39(4,5)42-30-19-13-9-7-6-8-12-18-29(30)40-25-16-21-33(40)37(42)44/h6-26,36H,27H2,1-5H3. The number of Topliss-reactive ketones (excluding diaryl/α,β-unsaturated/α-hetero) is 1. The van der Waals surface area contributed by atoms with E-state index >= 15 is 0 Å². The molecule has 45 heavy (non-hydrogen) atoms. The van der Waals surface area contributed by atoms with E-state index in [1.807, 2.05) is 150 Å². The van der Waals surface area contributed by atoms with Gasteiger partial charge in [0.25, 0.3) is 5.56 Å². The third-order valence-corrected chi connectivity index (χ3v) is 8.26. The summed E-state index contributed by atoms with van der Waals surface area (Å²) in [4.78, 5) is 27.7. The highest BCUT2D eigenvalue weighted by molar-refractivity contribution is 6.00. The van der Waals surface area contributed by atoms with Crippen molar-refractivity contribution in [2.75, 3.05) is 0 Å². The number of ketones is 1. The number of rotatable bonds is 3. The van der Waals surface area contributed by atoms with Crippen molar-refractivity contribution in [3.05, 3.63) is 149 Å². The van der Waals surface area contributed by atoms with Crippen LogP contribution in [-0.4, -0.2) is 25.4 Å². The predicted molar refractivity (Wildman–Crippen MR) is 181 cm³/mol. The first-order chi connectivity index (χ1) is 21.6. The van der Waals surface area contributed by atoms with Crippen LogP contribution in [-0.2, 0) is 12.0 Å². The lowest BCUT2D eigenvalue weighted by Crippen LogP contribution is -2.39. The minimum atomic E-state index is -0.631. The molecule has 0 fully saturated rings. The predicted octanol–water partition coefficient (Wildman–Crippen LogP) is 8.26. The molecule has 5 aromatic rings. The van der Waals surface area contributed by atoms with Crippen molar-refractivity contribution in [2.45, 2.75) is 52.7 Å². The molecule has 0 radical (unpaired) electrons. The lowest BCUT2D eigenvalue weighted by atomic mass is 9.85. The number of fused-ring (bicyclic) bond motifs is 6. The maximum absolute atomic E-state index is 14.1. The Kier molecular flexibility index (Phi) is 7.83. The van der Waals surface area contributed by atoms with Gasteiger partial charge >= 0.3 is 0 Å². The highest BCUT2D eigenvalue weighted by Crippen LogP contribution is 2.35. The van der Waals surface area contributed by atoms with Gasteiger partial charge in [0.1, 0.15) is 11.3 Å². The van der Waals surface area contributed by atoms with Crippen LogP contribution in [0, 0.1) is 5.41 Å². The summed E-state index contributed by atoms with van der Waals surface area (Å²) in [7, 11) is 0. The molecule has 1 aliphatic heterocycles. The number of ether oxygens (including phenoxy) is 1. The summed E-state index contributed by atoms with van der Waals surface area (Å²) in [6, 6.07) is 37.4. The van der Waals surface area contributed by atoms with Crippen LogP contribution >= 0.6 is 0 Å². The zero-order valence-corrected chi connectivity index (χ0v) is 26.5. The molecule has 0 N–H and O–H groups in total. The van der Waals surface area contributed by atoms with Gasteiger partial charge < -0.3 is 13.7 Å². The smallest absolute Gasteiger partial charge is 0.275 e. The Morgan fingerprint density at radius 1 is 0.644 bits per heavy atom. The first-order valence-corrected chi connectivity index (χ1v) is 15.4. The van der Waals surface area contributed by atoms with Crippen LogP contribution in [0.4, 0.5) is 0 Å². The summed E-state index contributed by atoms with van der Waals surface area (Å²) in [5, 5.41) is 0. The topological polar surface area (TPSA) is 57.6 Å². The van der Waals surface area contributed by atoms with Crippen molar-refractivity contribution in [1.29, 1.82) is 0 Å². The largest absolute Gasteiger partial charge is 0.479 e. The molecule has 1 unspecified atom stereocenters. The Bertz CT molecular complexity index is 2090. The monoisotopic (exact) mass is 597 g/mol. The van der Waals surface area contributed by atoms with Gasteiger partial charge in [-0.3, -0.25) is 14.2 Å². The second-order valence-corrected chi connectivity index (χ2v) is 13.2. The van der Waals surface area contributed by atoms with Crippen LogP contribution < -0.4 is 10.3 Å². The Morgan fingerprint density at radius 3 is 2.02 bits per heavy atom. The van der Waals surface area contributed by atoms with Gasteiger partial charge in [0.05, 0.1) is 22.4 Å². The third kappa shape index (κ3) is 5.76. The normalized spacial score (nSPS) is 14.5. The molecule has 1 atom stereocenters. The molecule has 1 aliphatic rings. The maximum Gasteiger partial charge on any atom is 0.275 e. The van der Waals surface area contributed by atoms with Crippen molar-refractivity contribution in [3.63, 3.8) is 0 Å². The molecule has 6 nitrogen and oxygen atoms in total. The first-order valence-electron chi connectivity index (χ1n) is 15.4. The second kappa shape index (κ2) is 11.8. The Labute approximate surface area is 263 Å². The fourth-order valence-corrected chi connectivity index (χ4v) is 6.17. The molecular weight excluding hydrogens is 558 g/mol. The second-order valence-electron chi connectivity index (χ2n) is 13.2. The Morgan fingerprint density at radius 2 is 1.27 bits per heavy atom. The minimum Gasteiger partial charge on any atom is -0.479 e. The molecule has 0 saturated heterocycles. The first kappa shape index (κ1) is 29.9. The van der Waals surface area contributed by atoms with Gasteiger partial charge in [-0.15, -0.1) is 0 Å². The molecule has 0 saturated carbocycles. The van der Waals surface area contributed by atoms with E-state index in [0.29, 0.717) is 23.4 Å². The van der Waals surface area contributed by atoms with Gasteiger partial charge in [0.15, 0.2) is 6.10 Å². The molecule has 0 amide bonds. The summed E-state index contributed by atoms with van der Waals surface area (Å²) < 4.78 is 12.3. The fourth-order valence-electron chi connectivity index (χ4n) is 6.17. The lowest BCUT2D eigenvalue weighted by molar-refractivity contribution is 0.0550. The molecule has 4 heterocycles. The van der Waals surface area contributed by atoms with E-state index in [9.17, 15) is 9.59 Å². The SMILES string of the molecule is CC(C)(C)C1Oc2cccccc(CC(C)(C)n3c(=O)c4cccn4c4ccccccccc43)ccc2-n2cccc2C1=O. The van der Waals surface area contributed by atoms with Crippen LogP contribution in [0.2, 0.25) is 0 Å². The summed E-state index contributed by atoms with van der Waals surface area (Å²) in [5.74, 6) is 0.585. The van der Waals surface area contributed by atoms with Crippen molar-refractivity contribution < 1.29 is 9.53 Å². The zero-order chi connectivity index (χ0) is 31.8. The van der Waals surface area contributed by atoms with Gasteiger partial charge in [0.2, 0.25) is 5.78 Å². The van der Waals surface area contributed by atoms with E-state index in [1.54, 1.807) is 0 Å². The van der Waals surface area contributed by atoms with Crippen molar-refractivity contribution in [3.8, 4) is 11.4 Å². The molecule has 3 aromatic heterocycles. The molecular formula is C39H39N3O3. The molecule has 0 spiro atoms. The lowest BCUT2D eigenvalue weighted by Gasteiger charge is -2.30. The third-order valence-electron chi connectivity index (χ3n) is 8.26. The molecule has 6 rings (SSSR count). The van der Waals surface area contributed by atoms with E-state index in [2.05, 4.69) is 26.0 Å². The number of carbonyl (C=O) groups excluding carboxylic acids is 1. The highest BCUT2D eigenvalue weighted by atomic mass is 16.5. The van der Waals surface area contributed by atoms with E-state index < -0.39 is 17.1 Å². The van der Waals surface area contributed by atoms with E-state index in [-0.39, 0.29) is 11.3 Å². The van der Waals surface area contributed by atoms with Crippen molar-refractivity contribution in [1.82, 2.24) is 13.5 Å². The summed E-state index contributed by atoms with van der Waals surface area (Å²) >= 11 is 0.